The van der Waals surface area contributed by atoms with Crippen LogP contribution < -0.4 is 10.1 Å². The highest BCUT2D eigenvalue weighted by atomic mass is 35.5. The van der Waals surface area contributed by atoms with Crippen molar-refractivity contribution in [2.45, 2.75) is 6.61 Å². The van der Waals surface area contributed by atoms with Crippen LogP contribution in [0.5, 0.6) is 11.5 Å². The number of amides is 1. The smallest absolute Gasteiger partial charge is 0.411 e. The van der Waals surface area contributed by atoms with Gasteiger partial charge in [-0.15, -0.1) is 0 Å². The largest absolute Gasteiger partial charge is 0.450 e. The second-order valence-corrected chi connectivity index (χ2v) is 6.70. The van der Waals surface area contributed by atoms with Crippen LogP contribution in [0.3, 0.4) is 0 Å². The number of benzene rings is 3. The normalized spacial score (nSPS) is 10.3. The molecule has 3 aromatic rings. The van der Waals surface area contributed by atoms with E-state index in [1.807, 2.05) is 0 Å². The van der Waals surface area contributed by atoms with Crippen LogP contribution >= 0.6 is 23.2 Å². The summed E-state index contributed by atoms with van der Waals surface area (Å²) in [6, 6.07) is 17.3. The van der Waals surface area contributed by atoms with E-state index in [1.54, 1.807) is 54.6 Å². The van der Waals surface area contributed by atoms with Crippen molar-refractivity contribution in [3.05, 3.63) is 92.5 Å². The van der Waals surface area contributed by atoms with E-state index in [0.29, 0.717) is 27.0 Å². The van der Waals surface area contributed by atoms with E-state index in [1.165, 1.54) is 12.1 Å². The fraction of sp³-hybridized carbons (Fsp3) is 0.0500. The van der Waals surface area contributed by atoms with Gasteiger partial charge in [-0.1, -0.05) is 35.3 Å². The molecular weight excluding hydrogens is 419 g/mol. The Bertz CT molecular complexity index is 1040. The topological polar surface area (TPSA) is 90.7 Å². The summed E-state index contributed by atoms with van der Waals surface area (Å²) >= 11 is 11.7. The van der Waals surface area contributed by atoms with Crippen LogP contribution in [0.2, 0.25) is 10.0 Å². The van der Waals surface area contributed by atoms with Crippen molar-refractivity contribution in [3.8, 4) is 11.5 Å². The van der Waals surface area contributed by atoms with E-state index in [2.05, 4.69) is 5.32 Å². The van der Waals surface area contributed by atoms with Gasteiger partial charge in [0.15, 0.2) is 0 Å². The maximum absolute atomic E-state index is 11.9. The van der Waals surface area contributed by atoms with Gasteiger partial charge in [-0.2, -0.15) is 0 Å². The predicted molar refractivity (Wildman–Crippen MR) is 110 cm³/mol. The van der Waals surface area contributed by atoms with Gasteiger partial charge < -0.3 is 9.47 Å². The maximum Gasteiger partial charge on any atom is 0.411 e. The van der Waals surface area contributed by atoms with E-state index in [9.17, 15) is 14.9 Å². The Hall–Kier alpha value is -3.29. The Labute approximate surface area is 175 Å². The molecule has 9 heteroatoms. The molecule has 1 amide bonds. The van der Waals surface area contributed by atoms with E-state index in [-0.39, 0.29) is 18.0 Å². The first kappa shape index (κ1) is 20.4. The van der Waals surface area contributed by atoms with Crippen molar-refractivity contribution in [2.75, 3.05) is 5.32 Å². The molecule has 0 aliphatic rings. The molecule has 0 aliphatic carbocycles. The first-order valence-electron chi connectivity index (χ1n) is 8.31. The summed E-state index contributed by atoms with van der Waals surface area (Å²) in [5.74, 6) is 0.465. The molecule has 0 aromatic heterocycles. The van der Waals surface area contributed by atoms with E-state index >= 15 is 0 Å². The molecule has 0 atom stereocenters. The number of nitro groups is 1. The standard InChI is InChI=1S/C20H14Cl2N2O5/c21-14-5-7-17(8-6-14)29-19-9-4-13(10-18(19)24(26)27)12-28-20(25)23-16-3-1-2-15(22)11-16/h1-11H,12H2,(H,23,25). The molecule has 0 radical (unpaired) electrons. The summed E-state index contributed by atoms with van der Waals surface area (Å²) in [5.41, 5.74) is 0.651. The quantitative estimate of drug-likeness (QED) is 0.357. The van der Waals surface area contributed by atoms with E-state index in [0.717, 1.165) is 0 Å². The summed E-state index contributed by atoms with van der Waals surface area (Å²) in [6.45, 7) is -0.158. The Kier molecular flexibility index (Phi) is 6.54. The second-order valence-electron chi connectivity index (χ2n) is 5.83. The predicted octanol–water partition coefficient (Wildman–Crippen LogP) is 6.44. The molecule has 7 nitrogen and oxygen atoms in total. The number of nitro benzene ring substituents is 1. The number of ether oxygens (including phenoxy) is 2. The highest BCUT2D eigenvalue weighted by molar-refractivity contribution is 6.31. The lowest BCUT2D eigenvalue weighted by Crippen LogP contribution is -2.13. The number of hydrogen-bond donors (Lipinski definition) is 1. The summed E-state index contributed by atoms with van der Waals surface area (Å²) in [5, 5.41) is 14.9. The zero-order chi connectivity index (χ0) is 20.8. The van der Waals surface area contributed by atoms with Gasteiger partial charge in [0.05, 0.1) is 4.92 Å². The monoisotopic (exact) mass is 432 g/mol. The lowest BCUT2D eigenvalue weighted by atomic mass is 10.2. The minimum absolute atomic E-state index is 0.0597. The van der Waals surface area contributed by atoms with Crippen molar-refractivity contribution in [1.82, 2.24) is 0 Å². The number of carbonyl (C=O) groups is 1. The van der Waals surface area contributed by atoms with Gasteiger partial charge in [0.1, 0.15) is 12.4 Å². The van der Waals surface area contributed by atoms with Crippen molar-refractivity contribution < 1.29 is 19.2 Å². The SMILES string of the molecule is O=C(Nc1cccc(Cl)c1)OCc1ccc(Oc2ccc(Cl)cc2)c([N+](=O)[O-])c1. The molecule has 0 saturated carbocycles. The van der Waals surface area contributed by atoms with Crippen molar-refractivity contribution >= 4 is 40.7 Å². The number of nitrogens with zero attached hydrogens (tertiary/aromatic N) is 1. The second kappa shape index (κ2) is 9.27. The van der Waals surface area contributed by atoms with E-state index in [4.69, 9.17) is 32.7 Å². The number of halogens is 2. The Morgan fingerprint density at radius 1 is 1.00 bits per heavy atom. The molecule has 0 bridgehead atoms. The molecule has 0 unspecified atom stereocenters. The van der Waals surface area contributed by atoms with Gasteiger partial charge in [0, 0.05) is 21.8 Å². The Morgan fingerprint density at radius 2 is 1.76 bits per heavy atom. The van der Waals surface area contributed by atoms with Crippen LogP contribution in [-0.2, 0) is 11.3 Å². The summed E-state index contributed by atoms with van der Waals surface area (Å²) in [4.78, 5) is 22.7. The lowest BCUT2D eigenvalue weighted by Gasteiger charge is -2.09. The van der Waals surface area contributed by atoms with Crippen molar-refractivity contribution in [1.29, 1.82) is 0 Å². The minimum Gasteiger partial charge on any atom is -0.450 e. The third kappa shape index (κ3) is 5.84. The van der Waals surface area contributed by atoms with Crippen LogP contribution in [0, 0.1) is 10.1 Å². The molecule has 29 heavy (non-hydrogen) atoms. The number of nitrogens with one attached hydrogen (secondary N) is 1. The molecule has 0 spiro atoms. The molecule has 0 aliphatic heterocycles. The highest BCUT2D eigenvalue weighted by Crippen LogP contribution is 2.32. The van der Waals surface area contributed by atoms with Crippen LogP contribution in [0.25, 0.3) is 0 Å². The first-order chi connectivity index (χ1) is 13.9. The van der Waals surface area contributed by atoms with Gasteiger partial charge >= 0.3 is 11.8 Å². The van der Waals surface area contributed by atoms with Gasteiger partial charge in [-0.3, -0.25) is 15.4 Å². The molecule has 0 saturated heterocycles. The molecular formula is C20H14Cl2N2O5. The minimum atomic E-state index is -0.712. The first-order valence-corrected chi connectivity index (χ1v) is 9.06. The zero-order valence-electron chi connectivity index (χ0n) is 14.8. The average molecular weight is 433 g/mol. The molecule has 3 aromatic carbocycles. The van der Waals surface area contributed by atoms with Crippen molar-refractivity contribution in [3.63, 3.8) is 0 Å². The fourth-order valence-electron chi connectivity index (χ4n) is 2.38. The number of anilines is 1. The molecule has 1 N–H and O–H groups in total. The van der Waals surface area contributed by atoms with Gasteiger partial charge in [0.25, 0.3) is 0 Å². The van der Waals surface area contributed by atoms with Gasteiger partial charge in [0.2, 0.25) is 5.75 Å². The summed E-state index contributed by atoms with van der Waals surface area (Å²) in [7, 11) is 0. The summed E-state index contributed by atoms with van der Waals surface area (Å²) < 4.78 is 10.7. The molecule has 148 valence electrons. The maximum atomic E-state index is 11.9. The lowest BCUT2D eigenvalue weighted by molar-refractivity contribution is -0.385. The molecule has 3 rings (SSSR count). The van der Waals surface area contributed by atoms with Gasteiger partial charge in [-0.25, -0.2) is 4.79 Å². The van der Waals surface area contributed by atoms with Crippen LogP contribution in [-0.4, -0.2) is 11.0 Å². The van der Waals surface area contributed by atoms with Crippen LogP contribution in [0.15, 0.2) is 66.7 Å². The van der Waals surface area contributed by atoms with Crippen LogP contribution in [0.4, 0.5) is 16.2 Å². The van der Waals surface area contributed by atoms with E-state index < -0.39 is 11.0 Å². The fourth-order valence-corrected chi connectivity index (χ4v) is 2.70. The number of carbonyl (C=O) groups excluding carboxylic acids is 1. The van der Waals surface area contributed by atoms with Gasteiger partial charge in [-0.05, 0) is 54.1 Å². The Balaban J connectivity index is 1.67. The third-order valence-corrected chi connectivity index (χ3v) is 4.19. The highest BCUT2D eigenvalue weighted by Gasteiger charge is 2.17. The number of rotatable bonds is 6. The average Bonchev–Trinajstić information content (AvgIpc) is 2.69. The molecule has 0 heterocycles. The summed E-state index contributed by atoms with van der Waals surface area (Å²) in [6.07, 6.45) is -0.712. The third-order valence-electron chi connectivity index (χ3n) is 3.70. The Morgan fingerprint density at radius 3 is 2.45 bits per heavy atom. The zero-order valence-corrected chi connectivity index (χ0v) is 16.3. The van der Waals surface area contributed by atoms with Crippen molar-refractivity contribution in [2.24, 2.45) is 0 Å². The van der Waals surface area contributed by atoms with Crippen LogP contribution in [0.1, 0.15) is 5.56 Å². The number of hydrogen-bond acceptors (Lipinski definition) is 5. The molecule has 0 fully saturated rings.